The van der Waals surface area contributed by atoms with Crippen LogP contribution in [0.25, 0.3) is 0 Å². The Morgan fingerprint density at radius 1 is 1.45 bits per heavy atom. The van der Waals surface area contributed by atoms with Gasteiger partial charge in [-0.3, -0.25) is 4.79 Å². The van der Waals surface area contributed by atoms with E-state index >= 15 is 0 Å². The summed E-state index contributed by atoms with van der Waals surface area (Å²) in [4.78, 5) is 24.3. The SMILES string of the molecule is CC(CN(C)C(=O)NCC1(c2cccc(Cl)c2)CC1)C(=O)O. The largest absolute Gasteiger partial charge is 0.481 e. The van der Waals surface area contributed by atoms with Gasteiger partial charge >= 0.3 is 12.0 Å². The van der Waals surface area contributed by atoms with Gasteiger partial charge in [0, 0.05) is 30.6 Å². The van der Waals surface area contributed by atoms with Gasteiger partial charge in [-0.1, -0.05) is 30.7 Å². The second kappa shape index (κ2) is 6.57. The van der Waals surface area contributed by atoms with E-state index < -0.39 is 11.9 Å². The number of hydrogen-bond donors (Lipinski definition) is 2. The maximum atomic E-state index is 12.1. The number of halogens is 1. The summed E-state index contributed by atoms with van der Waals surface area (Å²) in [5.41, 5.74) is 1.11. The van der Waals surface area contributed by atoms with Crippen molar-refractivity contribution >= 4 is 23.6 Å². The summed E-state index contributed by atoms with van der Waals surface area (Å²) in [5, 5.41) is 12.5. The smallest absolute Gasteiger partial charge is 0.317 e. The third-order valence-corrected chi connectivity index (χ3v) is 4.42. The molecule has 22 heavy (non-hydrogen) atoms. The van der Waals surface area contributed by atoms with Crippen LogP contribution in [-0.4, -0.2) is 42.1 Å². The predicted octanol–water partition coefficient (Wildman–Crippen LogP) is 2.73. The van der Waals surface area contributed by atoms with Crippen LogP contribution < -0.4 is 5.32 Å². The van der Waals surface area contributed by atoms with Crippen LogP contribution >= 0.6 is 11.6 Å². The lowest BCUT2D eigenvalue weighted by molar-refractivity contribution is -0.141. The summed E-state index contributed by atoms with van der Waals surface area (Å²) in [6, 6.07) is 7.47. The van der Waals surface area contributed by atoms with Crippen LogP contribution in [0.2, 0.25) is 5.02 Å². The van der Waals surface area contributed by atoms with Crippen LogP contribution in [0, 0.1) is 5.92 Å². The highest BCUT2D eigenvalue weighted by molar-refractivity contribution is 6.30. The van der Waals surface area contributed by atoms with Crippen LogP contribution in [0.15, 0.2) is 24.3 Å². The number of nitrogens with one attached hydrogen (secondary N) is 1. The van der Waals surface area contributed by atoms with Crippen LogP contribution in [-0.2, 0) is 10.2 Å². The maximum absolute atomic E-state index is 12.1. The van der Waals surface area contributed by atoms with Gasteiger partial charge in [-0.2, -0.15) is 0 Å². The van der Waals surface area contributed by atoms with Gasteiger partial charge in [0.25, 0.3) is 0 Å². The predicted molar refractivity (Wildman–Crippen MR) is 85.2 cm³/mol. The molecule has 0 bridgehead atoms. The highest BCUT2D eigenvalue weighted by Gasteiger charge is 2.44. The first-order valence-electron chi connectivity index (χ1n) is 7.32. The van der Waals surface area contributed by atoms with Gasteiger partial charge in [0.1, 0.15) is 0 Å². The number of carboxylic acid groups (broad SMARTS) is 1. The molecule has 1 atom stereocenters. The van der Waals surface area contributed by atoms with E-state index in [1.54, 1.807) is 14.0 Å². The molecule has 2 N–H and O–H groups in total. The summed E-state index contributed by atoms with van der Waals surface area (Å²) < 4.78 is 0. The summed E-state index contributed by atoms with van der Waals surface area (Å²) in [5.74, 6) is -1.49. The Bertz CT molecular complexity index is 572. The standard InChI is InChI=1S/C16H21ClN2O3/c1-11(14(20)21)9-19(2)15(22)18-10-16(6-7-16)12-4-3-5-13(17)8-12/h3-5,8,11H,6-7,9-10H2,1-2H3,(H,18,22)(H,20,21). The van der Waals surface area contributed by atoms with Gasteiger partial charge in [-0.25, -0.2) is 4.79 Å². The molecule has 0 saturated heterocycles. The van der Waals surface area contributed by atoms with Crippen molar-refractivity contribution in [3.63, 3.8) is 0 Å². The second-order valence-electron chi connectivity index (χ2n) is 6.07. The highest BCUT2D eigenvalue weighted by Crippen LogP contribution is 2.48. The number of nitrogens with zero attached hydrogens (tertiary/aromatic N) is 1. The maximum Gasteiger partial charge on any atom is 0.317 e. The number of benzene rings is 1. The van der Waals surface area contributed by atoms with E-state index in [0.29, 0.717) is 11.6 Å². The van der Waals surface area contributed by atoms with Crippen LogP contribution in [0.3, 0.4) is 0 Å². The van der Waals surface area contributed by atoms with E-state index in [0.717, 1.165) is 18.4 Å². The van der Waals surface area contributed by atoms with Crippen molar-refractivity contribution in [1.82, 2.24) is 10.2 Å². The minimum Gasteiger partial charge on any atom is -0.481 e. The first-order chi connectivity index (χ1) is 10.3. The average molecular weight is 325 g/mol. The molecule has 1 aromatic rings. The molecule has 6 heteroatoms. The van der Waals surface area contributed by atoms with Crippen LogP contribution in [0.5, 0.6) is 0 Å². The van der Waals surface area contributed by atoms with Gasteiger partial charge in [-0.05, 0) is 30.5 Å². The fourth-order valence-electron chi connectivity index (χ4n) is 2.49. The van der Waals surface area contributed by atoms with Crippen LogP contribution in [0.1, 0.15) is 25.3 Å². The van der Waals surface area contributed by atoms with E-state index in [-0.39, 0.29) is 18.0 Å². The molecule has 0 radical (unpaired) electrons. The first-order valence-corrected chi connectivity index (χ1v) is 7.70. The molecule has 2 rings (SSSR count). The van der Waals surface area contributed by atoms with Crippen LogP contribution in [0.4, 0.5) is 4.79 Å². The van der Waals surface area contributed by atoms with Gasteiger partial charge in [0.2, 0.25) is 0 Å². The number of urea groups is 1. The second-order valence-corrected chi connectivity index (χ2v) is 6.51. The molecule has 1 aliphatic rings. The number of carbonyl (C=O) groups is 2. The Kier molecular flexibility index (Phi) is 4.96. The normalized spacial score (nSPS) is 16.7. The molecule has 0 aromatic heterocycles. The Hall–Kier alpha value is -1.75. The number of carbonyl (C=O) groups excluding carboxylic acids is 1. The summed E-state index contributed by atoms with van der Waals surface area (Å²) in [6.45, 7) is 2.31. The molecule has 1 unspecified atom stereocenters. The quantitative estimate of drug-likeness (QED) is 0.845. The monoisotopic (exact) mass is 324 g/mol. The fourth-order valence-corrected chi connectivity index (χ4v) is 2.68. The molecule has 2 amide bonds. The van der Waals surface area contributed by atoms with Crippen molar-refractivity contribution in [3.05, 3.63) is 34.9 Å². The van der Waals surface area contributed by atoms with Crippen molar-refractivity contribution in [3.8, 4) is 0 Å². The number of amides is 2. The molecule has 1 fully saturated rings. The molecule has 5 nitrogen and oxygen atoms in total. The summed E-state index contributed by atoms with van der Waals surface area (Å²) >= 11 is 6.03. The molecule has 0 heterocycles. The fraction of sp³-hybridized carbons (Fsp3) is 0.500. The summed E-state index contributed by atoms with van der Waals surface area (Å²) in [7, 11) is 1.60. The van der Waals surface area contributed by atoms with Gasteiger partial charge in [0.05, 0.1) is 5.92 Å². The average Bonchev–Trinajstić information content (AvgIpc) is 3.25. The first kappa shape index (κ1) is 16.6. The van der Waals surface area contributed by atoms with E-state index in [2.05, 4.69) is 5.32 Å². The summed E-state index contributed by atoms with van der Waals surface area (Å²) in [6.07, 6.45) is 2.03. The third kappa shape index (κ3) is 3.91. The zero-order valence-electron chi connectivity index (χ0n) is 12.8. The number of aliphatic carboxylic acids is 1. The van der Waals surface area contributed by atoms with E-state index in [1.165, 1.54) is 4.90 Å². The lowest BCUT2D eigenvalue weighted by Gasteiger charge is -2.23. The van der Waals surface area contributed by atoms with E-state index in [9.17, 15) is 9.59 Å². The van der Waals surface area contributed by atoms with Crippen molar-refractivity contribution in [2.45, 2.75) is 25.2 Å². The Balaban J connectivity index is 1.90. The minimum absolute atomic E-state index is 0.0280. The van der Waals surface area contributed by atoms with Crippen molar-refractivity contribution in [2.24, 2.45) is 5.92 Å². The van der Waals surface area contributed by atoms with Gasteiger partial charge in [0.15, 0.2) is 0 Å². The van der Waals surface area contributed by atoms with Crippen molar-refractivity contribution in [1.29, 1.82) is 0 Å². The highest BCUT2D eigenvalue weighted by atomic mass is 35.5. The number of rotatable bonds is 6. The van der Waals surface area contributed by atoms with E-state index in [1.807, 2.05) is 24.3 Å². The molecule has 0 spiro atoms. The molecular formula is C16H21ClN2O3. The van der Waals surface area contributed by atoms with E-state index in [4.69, 9.17) is 16.7 Å². The van der Waals surface area contributed by atoms with Gasteiger partial charge < -0.3 is 15.3 Å². The molecule has 0 aliphatic heterocycles. The number of carboxylic acids is 1. The molecule has 1 saturated carbocycles. The molecule has 120 valence electrons. The minimum atomic E-state index is -0.905. The number of hydrogen-bond acceptors (Lipinski definition) is 2. The van der Waals surface area contributed by atoms with Gasteiger partial charge in [-0.15, -0.1) is 0 Å². The van der Waals surface area contributed by atoms with Crippen molar-refractivity contribution in [2.75, 3.05) is 20.1 Å². The molecule has 1 aromatic carbocycles. The Labute approximate surface area is 135 Å². The molecular weight excluding hydrogens is 304 g/mol. The lowest BCUT2D eigenvalue weighted by Crippen LogP contribution is -2.43. The Morgan fingerprint density at radius 3 is 2.68 bits per heavy atom. The third-order valence-electron chi connectivity index (χ3n) is 4.18. The lowest BCUT2D eigenvalue weighted by atomic mass is 9.96. The zero-order valence-corrected chi connectivity index (χ0v) is 13.6. The zero-order chi connectivity index (χ0) is 16.3. The topological polar surface area (TPSA) is 69.6 Å². The molecule has 1 aliphatic carbocycles. The Morgan fingerprint density at radius 2 is 2.14 bits per heavy atom. The van der Waals surface area contributed by atoms with Crippen molar-refractivity contribution < 1.29 is 14.7 Å².